The molecule has 1 aromatic rings. The van der Waals surface area contributed by atoms with Crippen LogP contribution in [0.4, 0.5) is 0 Å². The molecule has 1 rings (SSSR count). The van der Waals surface area contributed by atoms with Crippen LogP contribution in [0.5, 0.6) is 0 Å². The number of carbonyl (C=O) groups excluding carboxylic acids is 2. The lowest BCUT2D eigenvalue weighted by Crippen LogP contribution is -2.20. The molecule has 0 aliphatic rings. The van der Waals surface area contributed by atoms with Gasteiger partial charge in [0.05, 0.1) is 7.11 Å². The van der Waals surface area contributed by atoms with Crippen molar-refractivity contribution in [1.29, 1.82) is 0 Å². The molecule has 3 nitrogen and oxygen atoms in total. The fourth-order valence-electron chi connectivity index (χ4n) is 1.18. The van der Waals surface area contributed by atoms with E-state index in [1.807, 2.05) is 6.92 Å². The number of alkyl halides is 1. The molecule has 0 amide bonds. The molecule has 0 radical (unpaired) electrons. The number of carbonyl (C=O) groups is 2. The predicted molar refractivity (Wildman–Crippen MR) is 64.5 cm³/mol. The van der Waals surface area contributed by atoms with Crippen LogP contribution in [0.15, 0.2) is 22.7 Å². The molecule has 0 bridgehead atoms. The number of esters is 1. The smallest absolute Gasteiger partial charge is 0.376 e. The van der Waals surface area contributed by atoms with Gasteiger partial charge in [-0.3, -0.25) is 4.79 Å². The third kappa shape index (κ3) is 2.83. The topological polar surface area (TPSA) is 43.4 Å². The molecule has 0 aromatic heterocycles. The Hall–Kier alpha value is -0.870. The molecule has 0 aliphatic carbocycles. The average molecular weight is 306 g/mol. The molecule has 1 atom stereocenters. The number of halogens is 2. The molecular weight excluding hydrogens is 295 g/mol. The van der Waals surface area contributed by atoms with E-state index >= 15 is 0 Å². The molecule has 0 saturated carbocycles. The number of aryl methyl sites for hydroxylation is 1. The minimum atomic E-state index is -1.00. The number of Topliss-reactive ketones (excluding diaryl/α,β-unsaturated/α-hetero) is 1. The Morgan fingerprint density at radius 1 is 1.44 bits per heavy atom. The van der Waals surface area contributed by atoms with Crippen molar-refractivity contribution < 1.29 is 14.3 Å². The Balaban J connectivity index is 2.96. The Labute approximate surface area is 107 Å². The first-order valence-corrected chi connectivity index (χ1v) is 5.72. The summed E-state index contributed by atoms with van der Waals surface area (Å²) in [6.45, 7) is 1.87. The third-order valence-corrected chi connectivity index (χ3v) is 3.43. The van der Waals surface area contributed by atoms with Gasteiger partial charge in [0.2, 0.25) is 0 Å². The lowest BCUT2D eigenvalue weighted by molar-refractivity contribution is -0.151. The van der Waals surface area contributed by atoms with E-state index in [4.69, 9.17) is 11.6 Å². The second-order valence-corrected chi connectivity index (χ2v) is 4.52. The van der Waals surface area contributed by atoms with Crippen LogP contribution in [0, 0.1) is 6.92 Å². The van der Waals surface area contributed by atoms with Gasteiger partial charge in [-0.2, -0.15) is 0 Å². The van der Waals surface area contributed by atoms with E-state index in [2.05, 4.69) is 20.7 Å². The number of ether oxygens (including phenoxy) is 1. The standard InChI is InChI=1S/C11H10BrClO3/c1-6-5-7(3-4-8(6)12)9(13)10(14)11(15)16-2/h3-5,9H,1-2H3. The summed E-state index contributed by atoms with van der Waals surface area (Å²) < 4.78 is 5.25. The second kappa shape index (κ2) is 5.46. The van der Waals surface area contributed by atoms with E-state index in [-0.39, 0.29) is 0 Å². The average Bonchev–Trinajstić information content (AvgIpc) is 2.29. The van der Waals surface area contributed by atoms with Gasteiger partial charge < -0.3 is 4.74 Å². The number of rotatable bonds is 3. The summed E-state index contributed by atoms with van der Waals surface area (Å²) >= 11 is 9.23. The zero-order valence-electron chi connectivity index (χ0n) is 8.79. The van der Waals surface area contributed by atoms with Gasteiger partial charge in [-0.25, -0.2) is 4.79 Å². The summed E-state index contributed by atoms with van der Waals surface area (Å²) in [7, 11) is 1.15. The molecule has 0 fully saturated rings. The van der Waals surface area contributed by atoms with Gasteiger partial charge in [-0.15, -0.1) is 11.6 Å². The second-order valence-electron chi connectivity index (χ2n) is 3.23. The molecule has 16 heavy (non-hydrogen) atoms. The molecule has 0 saturated heterocycles. The number of benzene rings is 1. The van der Waals surface area contributed by atoms with Gasteiger partial charge >= 0.3 is 5.97 Å². The molecule has 1 aromatic carbocycles. The Bertz CT molecular complexity index is 431. The van der Waals surface area contributed by atoms with Crippen molar-refractivity contribution in [2.24, 2.45) is 0 Å². The molecule has 0 aliphatic heterocycles. The lowest BCUT2D eigenvalue weighted by atomic mass is 10.1. The molecule has 5 heteroatoms. The highest BCUT2D eigenvalue weighted by molar-refractivity contribution is 9.10. The van der Waals surface area contributed by atoms with E-state index < -0.39 is 17.1 Å². The fourth-order valence-corrected chi connectivity index (χ4v) is 1.65. The molecule has 0 heterocycles. The van der Waals surface area contributed by atoms with Gasteiger partial charge in [0.1, 0.15) is 5.38 Å². The maximum atomic E-state index is 11.5. The van der Waals surface area contributed by atoms with E-state index in [1.54, 1.807) is 18.2 Å². The van der Waals surface area contributed by atoms with E-state index in [0.29, 0.717) is 5.56 Å². The minimum Gasteiger partial charge on any atom is -0.463 e. The summed E-state index contributed by atoms with van der Waals surface area (Å²) in [4.78, 5) is 22.5. The highest BCUT2D eigenvalue weighted by Gasteiger charge is 2.25. The van der Waals surface area contributed by atoms with Crippen LogP contribution < -0.4 is 0 Å². The normalized spacial score (nSPS) is 12.0. The van der Waals surface area contributed by atoms with Crippen LogP contribution in [-0.2, 0) is 14.3 Å². The number of methoxy groups -OCH3 is 1. The van der Waals surface area contributed by atoms with Crippen LogP contribution in [0.1, 0.15) is 16.5 Å². The van der Waals surface area contributed by atoms with Crippen molar-refractivity contribution in [2.45, 2.75) is 12.3 Å². The van der Waals surface area contributed by atoms with E-state index in [1.165, 1.54) is 0 Å². The first-order valence-electron chi connectivity index (χ1n) is 4.49. The first kappa shape index (κ1) is 13.2. The molecule has 0 spiro atoms. The van der Waals surface area contributed by atoms with E-state index in [0.717, 1.165) is 17.1 Å². The highest BCUT2D eigenvalue weighted by atomic mass is 79.9. The predicted octanol–water partition coefficient (Wildman–Crippen LogP) is 2.78. The van der Waals surface area contributed by atoms with Crippen LogP contribution in [0.25, 0.3) is 0 Å². The van der Waals surface area contributed by atoms with Crippen LogP contribution in [-0.4, -0.2) is 18.9 Å². The Kier molecular flexibility index (Phi) is 4.50. The maximum Gasteiger partial charge on any atom is 0.376 e. The summed E-state index contributed by atoms with van der Waals surface area (Å²) in [6.07, 6.45) is 0. The fraction of sp³-hybridized carbons (Fsp3) is 0.273. The van der Waals surface area contributed by atoms with Crippen molar-refractivity contribution in [2.75, 3.05) is 7.11 Å². The quantitative estimate of drug-likeness (QED) is 0.490. The molecule has 86 valence electrons. The zero-order valence-corrected chi connectivity index (χ0v) is 11.1. The monoisotopic (exact) mass is 304 g/mol. The van der Waals surface area contributed by atoms with Crippen LogP contribution in [0.3, 0.4) is 0 Å². The van der Waals surface area contributed by atoms with Gasteiger partial charge in [-0.05, 0) is 24.1 Å². The van der Waals surface area contributed by atoms with Gasteiger partial charge in [0.25, 0.3) is 5.78 Å². The van der Waals surface area contributed by atoms with Crippen molar-refractivity contribution in [3.63, 3.8) is 0 Å². The van der Waals surface area contributed by atoms with Crippen molar-refractivity contribution in [1.82, 2.24) is 0 Å². The minimum absolute atomic E-state index is 0.581. The summed E-state index contributed by atoms with van der Waals surface area (Å²) in [6, 6.07) is 5.22. The highest BCUT2D eigenvalue weighted by Crippen LogP contribution is 2.26. The van der Waals surface area contributed by atoms with Gasteiger partial charge in [0, 0.05) is 4.47 Å². The zero-order chi connectivity index (χ0) is 12.3. The largest absolute Gasteiger partial charge is 0.463 e. The number of hydrogen-bond donors (Lipinski definition) is 0. The summed E-state index contributed by atoms with van der Waals surface area (Å²) in [5.74, 6) is -1.69. The van der Waals surface area contributed by atoms with E-state index in [9.17, 15) is 9.59 Å². The molecule has 1 unspecified atom stereocenters. The maximum absolute atomic E-state index is 11.5. The summed E-state index contributed by atoms with van der Waals surface area (Å²) in [5, 5.41) is -1.00. The first-order chi connectivity index (χ1) is 7.47. The molecular formula is C11H10BrClO3. The van der Waals surface area contributed by atoms with Crippen molar-refractivity contribution in [3.8, 4) is 0 Å². The van der Waals surface area contributed by atoms with Crippen molar-refractivity contribution >= 4 is 39.3 Å². The number of hydrogen-bond acceptors (Lipinski definition) is 3. The summed E-state index contributed by atoms with van der Waals surface area (Å²) in [5.41, 5.74) is 1.53. The van der Waals surface area contributed by atoms with Crippen molar-refractivity contribution in [3.05, 3.63) is 33.8 Å². The SMILES string of the molecule is COC(=O)C(=O)C(Cl)c1ccc(Br)c(C)c1. The Morgan fingerprint density at radius 3 is 2.56 bits per heavy atom. The molecule has 0 N–H and O–H groups in total. The van der Waals surface area contributed by atoms with Crippen LogP contribution in [0.2, 0.25) is 0 Å². The van der Waals surface area contributed by atoms with Crippen LogP contribution >= 0.6 is 27.5 Å². The number of ketones is 1. The van der Waals surface area contributed by atoms with Gasteiger partial charge in [-0.1, -0.05) is 28.1 Å². The third-order valence-electron chi connectivity index (χ3n) is 2.09. The van der Waals surface area contributed by atoms with Gasteiger partial charge in [0.15, 0.2) is 0 Å². The Morgan fingerprint density at radius 2 is 2.06 bits per heavy atom. The lowest BCUT2D eigenvalue weighted by Gasteiger charge is -2.08.